The van der Waals surface area contributed by atoms with Crippen molar-refractivity contribution in [3.05, 3.63) is 24.3 Å². The number of nitrogens with one attached hydrogen (secondary N) is 1. The van der Waals surface area contributed by atoms with E-state index in [0.717, 1.165) is 12.8 Å². The fraction of sp³-hybridized carbons (Fsp3) is 0.538. The van der Waals surface area contributed by atoms with E-state index in [1.165, 1.54) is 0 Å². The molecule has 2 rings (SSSR count). The first kappa shape index (κ1) is 13.4. The second kappa shape index (κ2) is 4.90. The Balaban J connectivity index is 2.21. The molecule has 4 nitrogen and oxygen atoms in total. The van der Waals surface area contributed by atoms with Crippen LogP contribution < -0.4 is 10.5 Å². The van der Waals surface area contributed by atoms with Gasteiger partial charge in [-0.2, -0.15) is 0 Å². The monoisotopic (exact) mass is 268 g/mol. The number of nitrogen functional groups attached to an aromatic ring is 1. The van der Waals surface area contributed by atoms with Gasteiger partial charge >= 0.3 is 0 Å². The van der Waals surface area contributed by atoms with Crippen molar-refractivity contribution in [2.75, 3.05) is 5.73 Å². The molecule has 0 aromatic heterocycles. The molecule has 18 heavy (non-hydrogen) atoms. The number of nitrogens with two attached hydrogens (primary N) is 1. The molecule has 3 unspecified atom stereocenters. The van der Waals surface area contributed by atoms with E-state index >= 15 is 0 Å². The predicted octanol–water partition coefficient (Wildman–Crippen LogP) is 1.98. The number of sulfonamides is 1. The molecule has 0 spiro atoms. The summed E-state index contributed by atoms with van der Waals surface area (Å²) in [6, 6.07) is 6.58. The summed E-state index contributed by atoms with van der Waals surface area (Å²) < 4.78 is 27.3. The van der Waals surface area contributed by atoms with Crippen molar-refractivity contribution < 1.29 is 8.42 Å². The van der Waals surface area contributed by atoms with Gasteiger partial charge in [0.15, 0.2) is 0 Å². The molecule has 0 saturated heterocycles. The van der Waals surface area contributed by atoms with Gasteiger partial charge in [-0.15, -0.1) is 0 Å². The molecular weight excluding hydrogens is 248 g/mol. The molecule has 100 valence electrons. The van der Waals surface area contributed by atoms with E-state index in [0.29, 0.717) is 17.5 Å². The molecule has 0 radical (unpaired) electrons. The highest BCUT2D eigenvalue weighted by Crippen LogP contribution is 2.32. The summed E-state index contributed by atoms with van der Waals surface area (Å²) >= 11 is 0. The van der Waals surface area contributed by atoms with E-state index in [9.17, 15) is 8.42 Å². The van der Waals surface area contributed by atoms with Crippen molar-refractivity contribution in [3.8, 4) is 0 Å². The van der Waals surface area contributed by atoms with Crippen molar-refractivity contribution in [2.45, 2.75) is 37.6 Å². The molecule has 3 N–H and O–H groups in total. The maximum Gasteiger partial charge on any atom is 0.242 e. The van der Waals surface area contributed by atoms with Crippen LogP contribution in [0, 0.1) is 11.8 Å². The summed E-state index contributed by atoms with van der Waals surface area (Å²) in [4.78, 5) is 0.178. The van der Waals surface area contributed by atoms with Crippen LogP contribution in [0.1, 0.15) is 26.7 Å². The lowest BCUT2D eigenvalue weighted by atomic mass is 9.98. The Bertz CT molecular complexity index is 528. The standard InChI is InChI=1S/C13H20N2O2S/c1-9-7-8-12(10(9)2)15-18(16,17)13-6-4-3-5-11(13)14/h3-6,9-10,12,15H,7-8,14H2,1-2H3. The van der Waals surface area contributed by atoms with Crippen molar-refractivity contribution in [1.82, 2.24) is 4.72 Å². The number of anilines is 1. The normalized spacial score (nSPS) is 28.4. The van der Waals surface area contributed by atoms with Gasteiger partial charge in [-0.25, -0.2) is 13.1 Å². The summed E-state index contributed by atoms with van der Waals surface area (Å²) in [7, 11) is -3.51. The molecule has 0 aliphatic heterocycles. The van der Waals surface area contributed by atoms with Crippen LogP contribution >= 0.6 is 0 Å². The predicted molar refractivity (Wildman–Crippen MR) is 72.5 cm³/mol. The van der Waals surface area contributed by atoms with Gasteiger partial charge in [0, 0.05) is 6.04 Å². The Morgan fingerprint density at radius 1 is 1.22 bits per heavy atom. The molecule has 1 aliphatic rings. The number of para-hydroxylation sites is 1. The molecule has 1 fully saturated rings. The van der Waals surface area contributed by atoms with Crippen molar-refractivity contribution in [3.63, 3.8) is 0 Å². The summed E-state index contributed by atoms with van der Waals surface area (Å²) in [6.45, 7) is 4.26. The molecule has 0 heterocycles. The third-order valence-electron chi connectivity index (χ3n) is 3.98. The van der Waals surface area contributed by atoms with Gasteiger partial charge in [0.2, 0.25) is 10.0 Å². The average molecular weight is 268 g/mol. The lowest BCUT2D eigenvalue weighted by molar-refractivity contribution is 0.402. The van der Waals surface area contributed by atoms with Crippen molar-refractivity contribution >= 4 is 15.7 Å². The first-order chi connectivity index (χ1) is 8.42. The largest absolute Gasteiger partial charge is 0.398 e. The molecule has 0 amide bonds. The van der Waals surface area contributed by atoms with E-state index in [1.807, 2.05) is 0 Å². The highest BCUT2D eigenvalue weighted by molar-refractivity contribution is 7.89. The first-order valence-corrected chi connectivity index (χ1v) is 7.77. The van der Waals surface area contributed by atoms with Crippen molar-refractivity contribution in [1.29, 1.82) is 0 Å². The number of hydrogen-bond acceptors (Lipinski definition) is 3. The van der Waals surface area contributed by atoms with Crippen LogP contribution in [0.4, 0.5) is 5.69 Å². The van der Waals surface area contributed by atoms with E-state index in [2.05, 4.69) is 18.6 Å². The molecule has 1 saturated carbocycles. The minimum Gasteiger partial charge on any atom is -0.398 e. The zero-order valence-corrected chi connectivity index (χ0v) is 11.6. The molecule has 5 heteroatoms. The summed E-state index contributed by atoms with van der Waals surface area (Å²) in [5.41, 5.74) is 6.02. The van der Waals surface area contributed by atoms with Gasteiger partial charge in [-0.05, 0) is 36.8 Å². The van der Waals surface area contributed by atoms with Crippen LogP contribution in [0.25, 0.3) is 0 Å². The zero-order chi connectivity index (χ0) is 13.3. The molecule has 0 bridgehead atoms. The third-order valence-corrected chi connectivity index (χ3v) is 5.54. The Kier molecular flexibility index (Phi) is 3.64. The molecule has 1 aromatic rings. The Morgan fingerprint density at radius 2 is 1.89 bits per heavy atom. The summed E-state index contributed by atoms with van der Waals surface area (Å²) in [5, 5.41) is 0. The third kappa shape index (κ3) is 2.52. The number of benzene rings is 1. The molecule has 1 aliphatic carbocycles. The fourth-order valence-electron chi connectivity index (χ4n) is 2.52. The highest BCUT2D eigenvalue weighted by Gasteiger charge is 2.33. The highest BCUT2D eigenvalue weighted by atomic mass is 32.2. The average Bonchev–Trinajstić information content (AvgIpc) is 2.61. The van der Waals surface area contributed by atoms with Crippen molar-refractivity contribution in [2.24, 2.45) is 11.8 Å². The lowest BCUT2D eigenvalue weighted by Crippen LogP contribution is -2.37. The fourth-order valence-corrected chi connectivity index (χ4v) is 4.01. The van der Waals surface area contributed by atoms with Gasteiger partial charge < -0.3 is 5.73 Å². The SMILES string of the molecule is CC1CCC(NS(=O)(=O)c2ccccc2N)C1C. The second-order valence-corrected chi connectivity index (χ2v) is 6.86. The van der Waals surface area contributed by atoms with E-state index in [1.54, 1.807) is 24.3 Å². The summed E-state index contributed by atoms with van der Waals surface area (Å²) in [6.07, 6.45) is 1.97. The van der Waals surface area contributed by atoms with E-state index < -0.39 is 10.0 Å². The van der Waals surface area contributed by atoms with Gasteiger partial charge in [0.1, 0.15) is 4.90 Å². The van der Waals surface area contributed by atoms with Crippen LogP contribution in [0.5, 0.6) is 0 Å². The second-order valence-electron chi connectivity index (χ2n) is 5.18. The quantitative estimate of drug-likeness (QED) is 0.823. The molecular formula is C13H20N2O2S. The lowest BCUT2D eigenvalue weighted by Gasteiger charge is -2.20. The Labute approximate surface area is 109 Å². The molecule has 3 atom stereocenters. The minimum atomic E-state index is -3.51. The van der Waals surface area contributed by atoms with Crippen LogP contribution in [-0.4, -0.2) is 14.5 Å². The minimum absolute atomic E-state index is 0.0182. The van der Waals surface area contributed by atoms with Gasteiger partial charge in [0.25, 0.3) is 0 Å². The van der Waals surface area contributed by atoms with Crippen LogP contribution in [0.3, 0.4) is 0 Å². The Hall–Kier alpha value is -1.07. The van der Waals surface area contributed by atoms with Gasteiger partial charge in [0.05, 0.1) is 5.69 Å². The maximum absolute atomic E-state index is 12.3. The number of rotatable bonds is 3. The van der Waals surface area contributed by atoms with Crippen LogP contribution in [-0.2, 0) is 10.0 Å². The maximum atomic E-state index is 12.3. The van der Waals surface area contributed by atoms with Crippen LogP contribution in [0.15, 0.2) is 29.2 Å². The van der Waals surface area contributed by atoms with E-state index in [-0.39, 0.29) is 10.9 Å². The molecule has 1 aromatic carbocycles. The Morgan fingerprint density at radius 3 is 2.44 bits per heavy atom. The van der Waals surface area contributed by atoms with Gasteiger partial charge in [-0.1, -0.05) is 26.0 Å². The van der Waals surface area contributed by atoms with E-state index in [4.69, 9.17) is 5.73 Å². The van der Waals surface area contributed by atoms with Crippen LogP contribution in [0.2, 0.25) is 0 Å². The topological polar surface area (TPSA) is 72.2 Å². The smallest absolute Gasteiger partial charge is 0.242 e. The zero-order valence-electron chi connectivity index (χ0n) is 10.8. The summed E-state index contributed by atoms with van der Waals surface area (Å²) in [5.74, 6) is 0.926. The van der Waals surface area contributed by atoms with Gasteiger partial charge in [-0.3, -0.25) is 0 Å². The first-order valence-electron chi connectivity index (χ1n) is 6.28. The number of hydrogen-bond donors (Lipinski definition) is 2.